The van der Waals surface area contributed by atoms with Crippen molar-refractivity contribution in [2.24, 2.45) is 4.99 Å². The van der Waals surface area contributed by atoms with Crippen molar-refractivity contribution in [2.45, 2.75) is 45.8 Å². The van der Waals surface area contributed by atoms with E-state index in [2.05, 4.69) is 15.2 Å². The second kappa shape index (κ2) is 6.81. The van der Waals surface area contributed by atoms with Crippen LogP contribution in [-0.4, -0.2) is 67.2 Å². The molecular weight excluding hydrogens is 256 g/mol. The maximum Gasteiger partial charge on any atom is 0.407 e. The molecule has 0 spiro atoms. The van der Waals surface area contributed by atoms with E-state index in [4.69, 9.17) is 4.74 Å². The lowest BCUT2D eigenvalue weighted by atomic mass is 10.2. The van der Waals surface area contributed by atoms with Crippen LogP contribution >= 0.6 is 0 Å². The summed E-state index contributed by atoms with van der Waals surface area (Å²) >= 11 is 0. The van der Waals surface area contributed by atoms with Crippen LogP contribution in [-0.2, 0) is 4.74 Å². The smallest absolute Gasteiger partial charge is 0.407 e. The molecule has 1 unspecified atom stereocenters. The molecule has 1 rings (SSSR count). The average molecular weight is 284 g/mol. The first-order chi connectivity index (χ1) is 9.23. The van der Waals surface area contributed by atoms with E-state index in [-0.39, 0.29) is 12.1 Å². The number of nitrogens with zero attached hydrogens (tertiary/aromatic N) is 3. The highest BCUT2D eigenvalue weighted by molar-refractivity contribution is 5.80. The van der Waals surface area contributed by atoms with E-state index in [0.29, 0.717) is 0 Å². The van der Waals surface area contributed by atoms with E-state index >= 15 is 0 Å². The zero-order chi connectivity index (χ0) is 15.3. The number of hydrogen-bond acceptors (Lipinski definition) is 3. The minimum atomic E-state index is -0.457. The van der Waals surface area contributed by atoms with Crippen LogP contribution in [0.1, 0.15) is 34.1 Å². The van der Waals surface area contributed by atoms with Gasteiger partial charge in [0.25, 0.3) is 0 Å². The van der Waals surface area contributed by atoms with Gasteiger partial charge in [-0.2, -0.15) is 0 Å². The molecule has 6 heteroatoms. The molecule has 20 heavy (non-hydrogen) atoms. The predicted octanol–water partition coefficient (Wildman–Crippen LogP) is 1.52. The molecule has 0 aliphatic carbocycles. The first-order valence-corrected chi connectivity index (χ1v) is 7.19. The molecule has 0 saturated carbocycles. The summed E-state index contributed by atoms with van der Waals surface area (Å²) in [7, 11) is 3.98. The van der Waals surface area contributed by atoms with Gasteiger partial charge in [-0.15, -0.1) is 0 Å². The summed E-state index contributed by atoms with van der Waals surface area (Å²) in [6, 6.07) is 0.117. The number of aliphatic imine (C=N–C) groups is 1. The lowest BCUT2D eigenvalue weighted by Crippen LogP contribution is -2.43. The fraction of sp³-hybridized carbons (Fsp3) is 0.857. The van der Waals surface area contributed by atoms with Crippen molar-refractivity contribution in [1.29, 1.82) is 0 Å². The molecule has 0 aromatic carbocycles. The first kappa shape index (κ1) is 16.6. The normalized spacial score (nSPS) is 20.0. The summed E-state index contributed by atoms with van der Waals surface area (Å²) in [5, 5.41) is 2.92. The lowest BCUT2D eigenvalue weighted by Gasteiger charge is -2.26. The van der Waals surface area contributed by atoms with Gasteiger partial charge in [0.15, 0.2) is 5.96 Å². The number of carbonyl (C=O) groups is 1. The Bertz CT molecular complexity index is 361. The van der Waals surface area contributed by atoms with Gasteiger partial charge in [-0.3, -0.25) is 4.99 Å². The number of carbonyl (C=O) groups excluding carboxylic acids is 1. The summed E-state index contributed by atoms with van der Waals surface area (Å²) < 4.78 is 5.28. The van der Waals surface area contributed by atoms with Gasteiger partial charge < -0.3 is 19.9 Å². The number of likely N-dealkylation sites (tertiary alicyclic amines) is 1. The molecule has 1 saturated heterocycles. The molecule has 1 fully saturated rings. The molecule has 0 aromatic heterocycles. The van der Waals surface area contributed by atoms with Gasteiger partial charge in [-0.25, -0.2) is 4.79 Å². The monoisotopic (exact) mass is 284 g/mol. The van der Waals surface area contributed by atoms with Gasteiger partial charge in [0.2, 0.25) is 0 Å². The van der Waals surface area contributed by atoms with E-state index in [1.54, 1.807) is 0 Å². The van der Waals surface area contributed by atoms with Crippen LogP contribution in [0.3, 0.4) is 0 Å². The number of alkyl carbamates (subject to hydrolysis) is 1. The van der Waals surface area contributed by atoms with E-state index in [1.807, 2.05) is 46.7 Å². The number of nitrogens with one attached hydrogen (secondary N) is 1. The predicted molar refractivity (Wildman–Crippen MR) is 81.0 cm³/mol. The third kappa shape index (κ3) is 5.27. The Balaban J connectivity index is 2.51. The number of ether oxygens (including phenoxy) is 1. The zero-order valence-corrected chi connectivity index (χ0v) is 13.6. The van der Waals surface area contributed by atoms with Gasteiger partial charge in [-0.05, 0) is 34.1 Å². The van der Waals surface area contributed by atoms with Gasteiger partial charge in [-0.1, -0.05) is 0 Å². The average Bonchev–Trinajstić information content (AvgIpc) is 2.70. The molecule has 0 radical (unpaired) electrons. The lowest BCUT2D eigenvalue weighted by molar-refractivity contribution is 0.0507. The van der Waals surface area contributed by atoms with E-state index < -0.39 is 5.60 Å². The number of guanidine groups is 1. The highest BCUT2D eigenvalue weighted by Gasteiger charge is 2.28. The topological polar surface area (TPSA) is 57.2 Å². The quantitative estimate of drug-likeness (QED) is 0.617. The van der Waals surface area contributed by atoms with Crippen molar-refractivity contribution < 1.29 is 9.53 Å². The molecule has 0 bridgehead atoms. The van der Waals surface area contributed by atoms with E-state index in [0.717, 1.165) is 32.0 Å². The summed E-state index contributed by atoms with van der Waals surface area (Å²) in [6.07, 6.45) is 0.568. The van der Waals surface area contributed by atoms with Crippen LogP contribution in [0.4, 0.5) is 4.79 Å². The Morgan fingerprint density at radius 2 is 2.10 bits per heavy atom. The minimum absolute atomic E-state index is 0.117. The molecule has 116 valence electrons. The molecule has 0 aromatic rings. The Morgan fingerprint density at radius 3 is 2.60 bits per heavy atom. The third-order valence-corrected chi connectivity index (χ3v) is 2.89. The molecule has 1 amide bonds. The summed E-state index contributed by atoms with van der Waals surface area (Å²) in [6.45, 7) is 10.1. The number of amides is 1. The van der Waals surface area contributed by atoms with Crippen LogP contribution in [0.5, 0.6) is 0 Å². The Morgan fingerprint density at radius 1 is 1.45 bits per heavy atom. The molecular formula is C14H28N4O2. The highest BCUT2D eigenvalue weighted by Crippen LogP contribution is 2.13. The zero-order valence-electron chi connectivity index (χ0n) is 13.6. The van der Waals surface area contributed by atoms with Crippen molar-refractivity contribution >= 4 is 12.1 Å². The summed E-state index contributed by atoms with van der Waals surface area (Å²) in [5.74, 6) is 0.973. The van der Waals surface area contributed by atoms with E-state index in [9.17, 15) is 4.79 Å². The molecule has 1 atom stereocenters. The fourth-order valence-corrected chi connectivity index (χ4v) is 2.20. The van der Waals surface area contributed by atoms with Crippen molar-refractivity contribution in [2.75, 3.05) is 33.7 Å². The Hall–Kier alpha value is -1.46. The molecule has 6 nitrogen and oxygen atoms in total. The largest absolute Gasteiger partial charge is 0.444 e. The van der Waals surface area contributed by atoms with Crippen molar-refractivity contribution in [1.82, 2.24) is 15.1 Å². The third-order valence-electron chi connectivity index (χ3n) is 2.89. The first-order valence-electron chi connectivity index (χ1n) is 7.19. The van der Waals surface area contributed by atoms with E-state index in [1.165, 1.54) is 0 Å². The van der Waals surface area contributed by atoms with Crippen molar-refractivity contribution in [3.8, 4) is 0 Å². The second-order valence-electron chi connectivity index (χ2n) is 6.25. The van der Waals surface area contributed by atoms with Gasteiger partial charge in [0.05, 0.1) is 6.04 Å². The maximum atomic E-state index is 11.8. The van der Waals surface area contributed by atoms with Gasteiger partial charge in [0, 0.05) is 33.7 Å². The summed E-state index contributed by atoms with van der Waals surface area (Å²) in [4.78, 5) is 20.5. The van der Waals surface area contributed by atoms with Gasteiger partial charge in [0.1, 0.15) is 5.60 Å². The van der Waals surface area contributed by atoms with Crippen LogP contribution in [0.25, 0.3) is 0 Å². The molecule has 1 aliphatic heterocycles. The molecule has 1 heterocycles. The van der Waals surface area contributed by atoms with Crippen LogP contribution in [0.2, 0.25) is 0 Å². The minimum Gasteiger partial charge on any atom is -0.444 e. The molecule has 1 N–H and O–H groups in total. The molecule has 1 aliphatic rings. The van der Waals surface area contributed by atoms with Crippen LogP contribution < -0.4 is 5.32 Å². The standard InChI is InChI=1S/C14H28N4O2/c1-7-15-12(17(5)6)18-9-8-11(10-18)16-13(19)20-14(2,3)4/h11H,7-10H2,1-6H3,(H,16,19). The highest BCUT2D eigenvalue weighted by atomic mass is 16.6. The van der Waals surface area contributed by atoms with Crippen LogP contribution in [0, 0.1) is 0 Å². The Kier molecular flexibility index (Phi) is 5.65. The second-order valence-corrected chi connectivity index (χ2v) is 6.25. The Labute approximate surface area is 122 Å². The van der Waals surface area contributed by atoms with Gasteiger partial charge >= 0.3 is 6.09 Å². The van der Waals surface area contributed by atoms with Crippen molar-refractivity contribution in [3.63, 3.8) is 0 Å². The van der Waals surface area contributed by atoms with Crippen molar-refractivity contribution in [3.05, 3.63) is 0 Å². The summed E-state index contributed by atoms with van der Waals surface area (Å²) in [5.41, 5.74) is -0.457. The number of hydrogen-bond donors (Lipinski definition) is 1. The fourth-order valence-electron chi connectivity index (χ4n) is 2.20. The van der Waals surface area contributed by atoms with Crippen LogP contribution in [0.15, 0.2) is 4.99 Å². The number of rotatable bonds is 2. The maximum absolute atomic E-state index is 11.8. The SMILES string of the molecule is CCN=C(N(C)C)N1CCC(NC(=O)OC(C)(C)C)C1.